The molecular formula is C30H35F2N5. The van der Waals surface area contributed by atoms with E-state index in [1.54, 1.807) is 42.0 Å². The van der Waals surface area contributed by atoms with E-state index in [9.17, 15) is 8.78 Å². The van der Waals surface area contributed by atoms with Crippen LogP contribution in [0.3, 0.4) is 0 Å². The lowest BCUT2D eigenvalue weighted by atomic mass is 10.0. The van der Waals surface area contributed by atoms with E-state index in [1.807, 2.05) is 6.07 Å². The predicted molar refractivity (Wildman–Crippen MR) is 148 cm³/mol. The standard InChI is InChI=1S/C30H35F2N5/c1-6-15-36(16-7-2)20(5)24-13-11-23(18-22(24)9-4)35-29-30-34-19-26(37(30)17-14-33-29)25-12-10-21(8-3)27(31)28(25)32/h10-14,17-19H,5-9,15-16H2,1-4H3,(H,33,35). The molecule has 194 valence electrons. The minimum absolute atomic E-state index is 0.166. The van der Waals surface area contributed by atoms with Crippen LogP contribution in [-0.4, -0.2) is 32.4 Å². The van der Waals surface area contributed by atoms with Gasteiger partial charge in [0.25, 0.3) is 0 Å². The Bertz CT molecular complexity index is 1400. The van der Waals surface area contributed by atoms with Crippen LogP contribution in [-0.2, 0) is 12.8 Å². The number of imidazole rings is 1. The SMILES string of the molecule is C=C(c1ccc(Nc2nccn3c(-c4ccc(CC)c(F)c4F)cnc23)cc1CC)N(CCC)CCC. The van der Waals surface area contributed by atoms with Crippen LogP contribution < -0.4 is 5.32 Å². The molecule has 0 spiro atoms. The van der Waals surface area contributed by atoms with Gasteiger partial charge in [-0.15, -0.1) is 0 Å². The van der Waals surface area contributed by atoms with Crippen molar-refractivity contribution in [3.05, 3.63) is 83.8 Å². The third-order valence-electron chi connectivity index (χ3n) is 6.68. The number of fused-ring (bicyclic) bond motifs is 1. The van der Waals surface area contributed by atoms with Gasteiger partial charge in [-0.2, -0.15) is 0 Å². The molecule has 2 aromatic carbocycles. The summed E-state index contributed by atoms with van der Waals surface area (Å²) in [6, 6.07) is 9.46. The highest BCUT2D eigenvalue weighted by molar-refractivity contribution is 5.76. The number of aromatic nitrogens is 3. The lowest BCUT2D eigenvalue weighted by molar-refractivity contribution is 0.396. The van der Waals surface area contributed by atoms with Gasteiger partial charge in [-0.25, -0.2) is 18.7 Å². The van der Waals surface area contributed by atoms with Crippen LogP contribution in [0.5, 0.6) is 0 Å². The normalized spacial score (nSPS) is 11.2. The second-order valence-corrected chi connectivity index (χ2v) is 9.15. The molecule has 0 unspecified atom stereocenters. The number of nitrogens with one attached hydrogen (secondary N) is 1. The summed E-state index contributed by atoms with van der Waals surface area (Å²) < 4.78 is 31.1. The molecule has 2 heterocycles. The summed E-state index contributed by atoms with van der Waals surface area (Å²) in [7, 11) is 0. The second kappa shape index (κ2) is 11.5. The van der Waals surface area contributed by atoms with Gasteiger partial charge >= 0.3 is 0 Å². The summed E-state index contributed by atoms with van der Waals surface area (Å²) in [5.41, 5.74) is 5.78. The monoisotopic (exact) mass is 503 g/mol. The summed E-state index contributed by atoms with van der Waals surface area (Å²) >= 11 is 0. The van der Waals surface area contributed by atoms with Gasteiger partial charge in [0.2, 0.25) is 0 Å². The fraction of sp³-hybridized carbons (Fsp3) is 0.333. The smallest absolute Gasteiger partial charge is 0.180 e. The molecular weight excluding hydrogens is 468 g/mol. The van der Waals surface area contributed by atoms with Gasteiger partial charge in [-0.05, 0) is 55.0 Å². The first-order valence-corrected chi connectivity index (χ1v) is 13.1. The van der Waals surface area contributed by atoms with Crippen molar-refractivity contribution in [3.8, 4) is 11.3 Å². The molecule has 2 aromatic heterocycles. The number of nitrogens with zero attached hydrogens (tertiary/aromatic N) is 4. The van der Waals surface area contributed by atoms with Crippen LogP contribution in [0.1, 0.15) is 57.2 Å². The molecule has 5 nitrogen and oxygen atoms in total. The zero-order chi connectivity index (χ0) is 26.5. The van der Waals surface area contributed by atoms with E-state index < -0.39 is 11.6 Å². The predicted octanol–water partition coefficient (Wildman–Crippen LogP) is 7.64. The Balaban J connectivity index is 1.67. The van der Waals surface area contributed by atoms with E-state index in [2.05, 4.69) is 59.7 Å². The Morgan fingerprint density at radius 3 is 2.35 bits per heavy atom. The number of hydrogen-bond donors (Lipinski definition) is 1. The third kappa shape index (κ3) is 5.22. The molecule has 0 fully saturated rings. The maximum Gasteiger partial charge on any atom is 0.180 e. The van der Waals surface area contributed by atoms with Crippen LogP contribution in [0.2, 0.25) is 0 Å². The lowest BCUT2D eigenvalue weighted by Crippen LogP contribution is -2.24. The van der Waals surface area contributed by atoms with Crippen molar-refractivity contribution >= 4 is 22.8 Å². The van der Waals surface area contributed by atoms with Gasteiger partial charge in [0.1, 0.15) is 0 Å². The van der Waals surface area contributed by atoms with Crippen molar-refractivity contribution in [3.63, 3.8) is 0 Å². The average Bonchev–Trinajstić information content (AvgIpc) is 3.34. The molecule has 1 N–H and O–H groups in total. The molecule has 0 bridgehead atoms. The largest absolute Gasteiger partial charge is 0.372 e. The van der Waals surface area contributed by atoms with Gasteiger partial charge in [-0.3, -0.25) is 4.40 Å². The minimum atomic E-state index is -0.865. The first-order chi connectivity index (χ1) is 17.9. The number of aryl methyl sites for hydroxylation is 2. The van der Waals surface area contributed by atoms with Crippen LogP contribution >= 0.6 is 0 Å². The Morgan fingerprint density at radius 2 is 1.68 bits per heavy atom. The molecule has 0 aliphatic carbocycles. The van der Waals surface area contributed by atoms with Crippen molar-refractivity contribution in [1.82, 2.24) is 19.3 Å². The average molecular weight is 504 g/mol. The zero-order valence-electron chi connectivity index (χ0n) is 22.1. The van der Waals surface area contributed by atoms with E-state index in [0.29, 0.717) is 29.1 Å². The molecule has 37 heavy (non-hydrogen) atoms. The van der Waals surface area contributed by atoms with Gasteiger partial charge in [0, 0.05) is 48.0 Å². The van der Waals surface area contributed by atoms with E-state index in [1.165, 1.54) is 5.56 Å². The molecule has 4 rings (SSSR count). The van der Waals surface area contributed by atoms with Crippen molar-refractivity contribution in [2.45, 2.75) is 53.4 Å². The quantitative estimate of drug-likeness (QED) is 0.228. The molecule has 4 aromatic rings. The van der Waals surface area contributed by atoms with E-state index in [0.717, 1.165) is 49.3 Å². The topological polar surface area (TPSA) is 45.5 Å². The minimum Gasteiger partial charge on any atom is -0.372 e. The molecule has 0 atom stereocenters. The molecule has 0 aliphatic heterocycles. The molecule has 0 radical (unpaired) electrons. The van der Waals surface area contributed by atoms with Crippen LogP contribution in [0.25, 0.3) is 22.6 Å². The summed E-state index contributed by atoms with van der Waals surface area (Å²) in [4.78, 5) is 11.3. The summed E-state index contributed by atoms with van der Waals surface area (Å²) in [5.74, 6) is -1.14. The number of halogens is 2. The van der Waals surface area contributed by atoms with Crippen LogP contribution in [0.15, 0.2) is 55.5 Å². The van der Waals surface area contributed by atoms with Crippen molar-refractivity contribution in [1.29, 1.82) is 0 Å². The van der Waals surface area contributed by atoms with Crippen molar-refractivity contribution in [2.24, 2.45) is 0 Å². The summed E-state index contributed by atoms with van der Waals surface area (Å²) in [5, 5.41) is 3.37. The van der Waals surface area contributed by atoms with E-state index in [4.69, 9.17) is 0 Å². The second-order valence-electron chi connectivity index (χ2n) is 9.15. The third-order valence-corrected chi connectivity index (χ3v) is 6.68. The lowest BCUT2D eigenvalue weighted by Gasteiger charge is -2.27. The summed E-state index contributed by atoms with van der Waals surface area (Å²) in [6.07, 6.45) is 8.30. The van der Waals surface area contributed by atoms with Gasteiger partial charge in [-0.1, -0.05) is 46.4 Å². The number of benzene rings is 2. The fourth-order valence-electron chi connectivity index (χ4n) is 4.74. The highest BCUT2D eigenvalue weighted by Gasteiger charge is 2.18. The zero-order valence-corrected chi connectivity index (χ0v) is 22.1. The molecule has 7 heteroatoms. The number of anilines is 2. The van der Waals surface area contributed by atoms with Crippen molar-refractivity contribution in [2.75, 3.05) is 18.4 Å². The van der Waals surface area contributed by atoms with Gasteiger partial charge in [0.15, 0.2) is 23.1 Å². The Kier molecular flexibility index (Phi) is 8.21. The first-order valence-electron chi connectivity index (χ1n) is 13.1. The van der Waals surface area contributed by atoms with Gasteiger partial charge < -0.3 is 10.2 Å². The molecule has 0 aliphatic rings. The molecule has 0 saturated carbocycles. The Hall–Kier alpha value is -3.74. The highest BCUT2D eigenvalue weighted by atomic mass is 19.2. The number of rotatable bonds is 11. The fourth-order valence-corrected chi connectivity index (χ4v) is 4.74. The number of hydrogen-bond acceptors (Lipinski definition) is 4. The molecule has 0 saturated heterocycles. The Morgan fingerprint density at radius 1 is 0.946 bits per heavy atom. The Labute approximate surface area is 217 Å². The van der Waals surface area contributed by atoms with Gasteiger partial charge in [0.05, 0.1) is 11.9 Å². The van der Waals surface area contributed by atoms with Crippen molar-refractivity contribution < 1.29 is 8.78 Å². The van der Waals surface area contributed by atoms with Crippen LogP contribution in [0, 0.1) is 11.6 Å². The molecule has 0 amide bonds. The summed E-state index contributed by atoms with van der Waals surface area (Å²) in [6.45, 7) is 14.7. The van der Waals surface area contributed by atoms with E-state index in [-0.39, 0.29) is 5.56 Å². The van der Waals surface area contributed by atoms with Crippen LogP contribution in [0.4, 0.5) is 20.3 Å². The maximum absolute atomic E-state index is 14.9. The van der Waals surface area contributed by atoms with E-state index >= 15 is 0 Å². The first kappa shape index (κ1) is 26.3. The highest BCUT2D eigenvalue weighted by Crippen LogP contribution is 2.31. The maximum atomic E-state index is 14.9.